The average Bonchev–Trinajstić information content (AvgIpc) is 3.16. The van der Waals surface area contributed by atoms with Gasteiger partial charge < -0.3 is 15.0 Å². The van der Waals surface area contributed by atoms with Gasteiger partial charge >= 0.3 is 6.36 Å². The van der Waals surface area contributed by atoms with E-state index in [4.69, 9.17) is 11.6 Å². The SMILES string of the molecule is O=C(Nc1ccc(OC(F)(F)F)cc1)c1ccc(C2SCC(=O)N2Cc2ccc(Cl)cc2)cc1. The molecule has 0 spiro atoms. The maximum Gasteiger partial charge on any atom is 0.573 e. The molecule has 176 valence electrons. The van der Waals surface area contributed by atoms with E-state index in [9.17, 15) is 22.8 Å². The van der Waals surface area contributed by atoms with Crippen molar-refractivity contribution < 1.29 is 27.5 Å². The van der Waals surface area contributed by atoms with Crippen LogP contribution in [0, 0.1) is 0 Å². The number of rotatable bonds is 6. The maximum absolute atomic E-state index is 12.5. The van der Waals surface area contributed by atoms with Crippen molar-refractivity contribution in [2.24, 2.45) is 0 Å². The van der Waals surface area contributed by atoms with Gasteiger partial charge in [0, 0.05) is 22.8 Å². The molecule has 3 aromatic rings. The molecule has 4 rings (SSSR count). The Kier molecular flexibility index (Phi) is 7.04. The lowest BCUT2D eigenvalue weighted by Crippen LogP contribution is -2.27. The van der Waals surface area contributed by atoms with Crippen LogP contribution in [0.3, 0.4) is 0 Å². The van der Waals surface area contributed by atoms with Gasteiger partial charge in [0.1, 0.15) is 11.1 Å². The molecule has 1 aliphatic heterocycles. The Hall–Kier alpha value is -3.17. The van der Waals surface area contributed by atoms with E-state index >= 15 is 0 Å². The second-order valence-electron chi connectivity index (χ2n) is 7.46. The Morgan fingerprint density at radius 3 is 2.29 bits per heavy atom. The minimum Gasteiger partial charge on any atom is -0.406 e. The fraction of sp³-hybridized carbons (Fsp3) is 0.167. The van der Waals surface area contributed by atoms with Crippen LogP contribution in [0.2, 0.25) is 5.02 Å². The van der Waals surface area contributed by atoms with E-state index < -0.39 is 12.3 Å². The minimum atomic E-state index is -4.78. The molecule has 5 nitrogen and oxygen atoms in total. The van der Waals surface area contributed by atoms with Crippen LogP contribution in [-0.2, 0) is 11.3 Å². The molecule has 2 amide bonds. The number of hydrogen-bond acceptors (Lipinski definition) is 4. The molecule has 0 saturated carbocycles. The molecule has 1 atom stereocenters. The Bertz CT molecular complexity index is 1170. The van der Waals surface area contributed by atoms with Crippen molar-refractivity contribution in [3.8, 4) is 5.75 Å². The Labute approximate surface area is 202 Å². The monoisotopic (exact) mass is 506 g/mol. The summed E-state index contributed by atoms with van der Waals surface area (Å²) in [5.41, 5.74) is 2.55. The van der Waals surface area contributed by atoms with Gasteiger partial charge in [0.2, 0.25) is 5.91 Å². The quantitative estimate of drug-likeness (QED) is 0.428. The van der Waals surface area contributed by atoms with E-state index in [1.807, 2.05) is 12.1 Å². The van der Waals surface area contributed by atoms with Gasteiger partial charge in [0.15, 0.2) is 0 Å². The number of amides is 2. The van der Waals surface area contributed by atoms with E-state index in [1.165, 1.54) is 23.9 Å². The summed E-state index contributed by atoms with van der Waals surface area (Å²) in [5.74, 6) is -0.385. The van der Waals surface area contributed by atoms with E-state index in [0.29, 0.717) is 28.6 Å². The van der Waals surface area contributed by atoms with Crippen LogP contribution in [0.5, 0.6) is 5.75 Å². The summed E-state index contributed by atoms with van der Waals surface area (Å²) in [5, 5.41) is 3.08. The molecule has 1 heterocycles. The fourth-order valence-electron chi connectivity index (χ4n) is 3.43. The van der Waals surface area contributed by atoms with Gasteiger partial charge in [-0.1, -0.05) is 35.9 Å². The molecule has 0 aromatic heterocycles. The van der Waals surface area contributed by atoms with Gasteiger partial charge in [-0.3, -0.25) is 9.59 Å². The van der Waals surface area contributed by atoms with Crippen molar-refractivity contribution in [1.82, 2.24) is 4.90 Å². The van der Waals surface area contributed by atoms with Gasteiger partial charge in [0.25, 0.3) is 5.91 Å². The van der Waals surface area contributed by atoms with Crippen molar-refractivity contribution in [3.63, 3.8) is 0 Å². The number of hydrogen-bond donors (Lipinski definition) is 1. The van der Waals surface area contributed by atoms with Crippen molar-refractivity contribution in [1.29, 1.82) is 0 Å². The van der Waals surface area contributed by atoms with Crippen LogP contribution >= 0.6 is 23.4 Å². The first kappa shape index (κ1) is 24.0. The van der Waals surface area contributed by atoms with Crippen molar-refractivity contribution in [2.75, 3.05) is 11.1 Å². The fourth-order valence-corrected chi connectivity index (χ4v) is 4.74. The van der Waals surface area contributed by atoms with Crippen LogP contribution in [-0.4, -0.2) is 28.8 Å². The first-order valence-electron chi connectivity index (χ1n) is 10.1. The highest BCUT2D eigenvalue weighted by Gasteiger charge is 2.33. The number of nitrogens with zero attached hydrogens (tertiary/aromatic N) is 1. The third kappa shape index (κ3) is 6.03. The predicted octanol–water partition coefficient (Wildman–Crippen LogP) is 6.27. The zero-order valence-electron chi connectivity index (χ0n) is 17.5. The maximum atomic E-state index is 12.5. The first-order valence-corrected chi connectivity index (χ1v) is 11.5. The van der Waals surface area contributed by atoms with Gasteiger partial charge in [-0.05, 0) is 59.7 Å². The highest BCUT2D eigenvalue weighted by molar-refractivity contribution is 8.00. The molecular weight excluding hydrogens is 489 g/mol. The molecule has 1 fully saturated rings. The summed E-state index contributed by atoms with van der Waals surface area (Å²) in [4.78, 5) is 26.8. The summed E-state index contributed by atoms with van der Waals surface area (Å²) in [7, 11) is 0. The molecule has 1 aliphatic rings. The number of carbonyl (C=O) groups is 2. The van der Waals surface area contributed by atoms with Crippen molar-refractivity contribution in [2.45, 2.75) is 18.3 Å². The number of anilines is 1. The topological polar surface area (TPSA) is 58.6 Å². The number of halogens is 4. The number of carbonyl (C=O) groups excluding carboxylic acids is 2. The van der Waals surface area contributed by atoms with Crippen LogP contribution in [0.15, 0.2) is 72.8 Å². The lowest BCUT2D eigenvalue weighted by atomic mass is 10.1. The summed E-state index contributed by atoms with van der Waals surface area (Å²) in [6.45, 7) is 0.448. The van der Waals surface area contributed by atoms with Gasteiger partial charge in [0.05, 0.1) is 5.75 Å². The molecular formula is C24H18ClF3N2O3S. The predicted molar refractivity (Wildman–Crippen MR) is 125 cm³/mol. The van der Waals surface area contributed by atoms with E-state index in [1.54, 1.807) is 41.3 Å². The lowest BCUT2D eigenvalue weighted by molar-refractivity contribution is -0.274. The third-order valence-electron chi connectivity index (χ3n) is 5.04. The Balaban J connectivity index is 1.41. The largest absolute Gasteiger partial charge is 0.573 e. The summed E-state index contributed by atoms with van der Waals surface area (Å²) in [6, 6.07) is 19.1. The van der Waals surface area contributed by atoms with Gasteiger partial charge in [-0.15, -0.1) is 24.9 Å². The number of ether oxygens (including phenoxy) is 1. The summed E-state index contributed by atoms with van der Waals surface area (Å²) < 4.78 is 40.6. The molecule has 1 N–H and O–H groups in total. The second kappa shape index (κ2) is 9.99. The van der Waals surface area contributed by atoms with Crippen molar-refractivity contribution in [3.05, 3.63) is 94.5 Å². The van der Waals surface area contributed by atoms with Crippen LogP contribution in [0.4, 0.5) is 18.9 Å². The third-order valence-corrected chi connectivity index (χ3v) is 6.55. The van der Waals surface area contributed by atoms with Crippen LogP contribution in [0.25, 0.3) is 0 Å². The number of thioether (sulfide) groups is 1. The van der Waals surface area contributed by atoms with Gasteiger partial charge in [-0.2, -0.15) is 0 Å². The molecule has 3 aromatic carbocycles. The zero-order valence-corrected chi connectivity index (χ0v) is 19.1. The smallest absolute Gasteiger partial charge is 0.406 e. The average molecular weight is 507 g/mol. The summed E-state index contributed by atoms with van der Waals surface area (Å²) in [6.07, 6.45) is -4.78. The Morgan fingerprint density at radius 1 is 1.03 bits per heavy atom. The molecule has 1 unspecified atom stereocenters. The van der Waals surface area contributed by atoms with E-state index in [2.05, 4.69) is 10.1 Å². The molecule has 10 heteroatoms. The number of alkyl halides is 3. The van der Waals surface area contributed by atoms with E-state index in [0.717, 1.165) is 23.3 Å². The highest BCUT2D eigenvalue weighted by atomic mass is 35.5. The molecule has 34 heavy (non-hydrogen) atoms. The molecule has 0 aliphatic carbocycles. The summed E-state index contributed by atoms with van der Waals surface area (Å²) >= 11 is 7.45. The van der Waals surface area contributed by atoms with Crippen LogP contribution in [0.1, 0.15) is 26.9 Å². The van der Waals surface area contributed by atoms with Crippen molar-refractivity contribution >= 4 is 40.9 Å². The Morgan fingerprint density at radius 2 is 1.68 bits per heavy atom. The zero-order chi connectivity index (χ0) is 24.3. The standard InChI is InChI=1S/C24H18ClF3N2O3S/c25-18-7-1-15(2-8-18)13-30-21(31)14-34-23(30)17-5-3-16(4-6-17)22(32)29-19-9-11-20(12-10-19)33-24(26,27)28/h1-12,23H,13-14H2,(H,29,32). The first-order chi connectivity index (χ1) is 16.2. The normalized spacial score (nSPS) is 15.9. The molecule has 0 radical (unpaired) electrons. The number of nitrogens with one attached hydrogen (secondary N) is 1. The lowest BCUT2D eigenvalue weighted by Gasteiger charge is -2.24. The number of benzene rings is 3. The molecule has 1 saturated heterocycles. The van der Waals surface area contributed by atoms with Gasteiger partial charge in [-0.25, -0.2) is 0 Å². The minimum absolute atomic E-state index is 0.0321. The highest BCUT2D eigenvalue weighted by Crippen LogP contribution is 2.39. The van der Waals surface area contributed by atoms with Crippen LogP contribution < -0.4 is 10.1 Å². The van der Waals surface area contributed by atoms with E-state index in [-0.39, 0.29) is 17.0 Å². The molecule has 0 bridgehead atoms. The second-order valence-corrected chi connectivity index (χ2v) is 8.96.